The summed E-state index contributed by atoms with van der Waals surface area (Å²) in [6, 6.07) is 8.03. The summed E-state index contributed by atoms with van der Waals surface area (Å²) in [5.74, 6) is 1.04. The highest BCUT2D eigenvalue weighted by atomic mass is 16.5. The average molecular weight is 264 g/mol. The molecule has 0 aliphatic carbocycles. The Balaban J connectivity index is 2.18. The summed E-state index contributed by atoms with van der Waals surface area (Å²) < 4.78 is 5.67. The molecule has 1 aromatic carbocycles. The monoisotopic (exact) mass is 264 g/mol. The molecule has 0 fully saturated rings. The quantitative estimate of drug-likeness (QED) is 0.704. The lowest BCUT2D eigenvalue weighted by Crippen LogP contribution is -2.35. The zero-order valence-electron chi connectivity index (χ0n) is 12.3. The number of carbonyl (C=O) groups excluding carboxylic acids is 1. The Bertz CT molecular complexity index is 405. The average Bonchev–Trinajstić information content (AvgIpc) is 2.34. The van der Waals surface area contributed by atoms with Crippen LogP contribution >= 0.6 is 0 Å². The molecule has 0 radical (unpaired) electrons. The van der Waals surface area contributed by atoms with E-state index in [4.69, 9.17) is 4.74 Å². The number of nitrogens with zero attached hydrogens (tertiary/aromatic N) is 2. The number of aryl methyl sites for hydroxylation is 1. The Morgan fingerprint density at radius 3 is 2.63 bits per heavy atom. The van der Waals surface area contributed by atoms with Crippen molar-refractivity contribution in [2.24, 2.45) is 0 Å². The number of hydrogen-bond donors (Lipinski definition) is 0. The lowest BCUT2D eigenvalue weighted by Gasteiger charge is -2.18. The fraction of sp³-hybridized carbons (Fsp3) is 0.533. The fourth-order valence-electron chi connectivity index (χ4n) is 1.68. The van der Waals surface area contributed by atoms with Crippen LogP contribution in [-0.2, 0) is 4.79 Å². The molecule has 0 heterocycles. The van der Waals surface area contributed by atoms with E-state index in [1.165, 1.54) is 5.56 Å². The normalized spacial score (nSPS) is 10.6. The topological polar surface area (TPSA) is 32.8 Å². The Labute approximate surface area is 116 Å². The zero-order chi connectivity index (χ0) is 14.3. The lowest BCUT2D eigenvalue weighted by molar-refractivity contribution is -0.129. The van der Waals surface area contributed by atoms with Crippen LogP contribution in [0.2, 0.25) is 0 Å². The van der Waals surface area contributed by atoms with Crippen LogP contribution in [0.5, 0.6) is 5.75 Å². The molecule has 0 bridgehead atoms. The number of rotatable bonds is 7. The third kappa shape index (κ3) is 6.25. The molecule has 1 rings (SSSR count). The van der Waals surface area contributed by atoms with Gasteiger partial charge in [0.05, 0.1) is 13.2 Å². The number of hydrogen-bond acceptors (Lipinski definition) is 3. The van der Waals surface area contributed by atoms with Gasteiger partial charge in [-0.1, -0.05) is 12.1 Å². The molecular formula is C15H24N2O2. The van der Waals surface area contributed by atoms with Crippen LogP contribution in [0.3, 0.4) is 0 Å². The SMILES string of the molecule is Cc1cccc(OCCCN(C)CC(=O)N(C)C)c1. The van der Waals surface area contributed by atoms with Crippen LogP contribution in [0.1, 0.15) is 12.0 Å². The van der Waals surface area contributed by atoms with E-state index in [2.05, 4.69) is 0 Å². The van der Waals surface area contributed by atoms with Crippen molar-refractivity contribution < 1.29 is 9.53 Å². The summed E-state index contributed by atoms with van der Waals surface area (Å²) in [6.45, 7) is 4.03. The van der Waals surface area contributed by atoms with E-state index in [-0.39, 0.29) is 5.91 Å². The lowest BCUT2D eigenvalue weighted by atomic mass is 10.2. The van der Waals surface area contributed by atoms with E-state index in [9.17, 15) is 4.79 Å². The Morgan fingerprint density at radius 1 is 1.26 bits per heavy atom. The van der Waals surface area contributed by atoms with E-state index in [1.807, 2.05) is 43.1 Å². The summed E-state index contributed by atoms with van der Waals surface area (Å²) in [4.78, 5) is 15.1. The number of ether oxygens (including phenoxy) is 1. The minimum Gasteiger partial charge on any atom is -0.494 e. The molecule has 1 aromatic rings. The second-order valence-corrected chi connectivity index (χ2v) is 5.04. The summed E-state index contributed by atoms with van der Waals surface area (Å²) in [5, 5.41) is 0. The molecule has 0 saturated heterocycles. The Morgan fingerprint density at radius 2 is 2.00 bits per heavy atom. The minimum absolute atomic E-state index is 0.127. The summed E-state index contributed by atoms with van der Waals surface area (Å²) in [6.07, 6.45) is 0.908. The molecule has 19 heavy (non-hydrogen) atoms. The third-order valence-corrected chi connectivity index (χ3v) is 2.85. The first-order valence-electron chi connectivity index (χ1n) is 6.57. The summed E-state index contributed by atoms with van der Waals surface area (Å²) in [5.41, 5.74) is 1.20. The molecule has 4 nitrogen and oxygen atoms in total. The molecule has 0 aromatic heterocycles. The first-order valence-corrected chi connectivity index (χ1v) is 6.57. The molecule has 0 atom stereocenters. The molecule has 4 heteroatoms. The zero-order valence-corrected chi connectivity index (χ0v) is 12.3. The predicted octanol–water partition coefficient (Wildman–Crippen LogP) is 1.78. The van der Waals surface area contributed by atoms with Crippen LogP contribution in [0.25, 0.3) is 0 Å². The molecule has 0 aliphatic heterocycles. The first-order chi connectivity index (χ1) is 8.99. The molecule has 106 valence electrons. The predicted molar refractivity (Wildman–Crippen MR) is 77.5 cm³/mol. The summed E-state index contributed by atoms with van der Waals surface area (Å²) >= 11 is 0. The number of benzene rings is 1. The molecule has 1 amide bonds. The van der Waals surface area contributed by atoms with Crippen LogP contribution in [0, 0.1) is 6.92 Å². The van der Waals surface area contributed by atoms with Crippen molar-refractivity contribution in [2.45, 2.75) is 13.3 Å². The van der Waals surface area contributed by atoms with E-state index in [0.29, 0.717) is 13.2 Å². The Hall–Kier alpha value is -1.55. The highest BCUT2D eigenvalue weighted by Crippen LogP contribution is 2.12. The molecular weight excluding hydrogens is 240 g/mol. The number of likely N-dealkylation sites (N-methyl/N-ethyl adjacent to an activating group) is 2. The van der Waals surface area contributed by atoms with Gasteiger partial charge in [-0.3, -0.25) is 9.69 Å². The van der Waals surface area contributed by atoms with E-state index < -0.39 is 0 Å². The first kappa shape index (κ1) is 15.5. The van der Waals surface area contributed by atoms with Gasteiger partial charge >= 0.3 is 0 Å². The van der Waals surface area contributed by atoms with Gasteiger partial charge in [0.15, 0.2) is 0 Å². The van der Waals surface area contributed by atoms with Gasteiger partial charge in [-0.2, -0.15) is 0 Å². The third-order valence-electron chi connectivity index (χ3n) is 2.85. The molecule has 0 unspecified atom stereocenters. The van der Waals surface area contributed by atoms with Gasteiger partial charge < -0.3 is 9.64 Å². The Kier molecular flexibility index (Phi) is 6.36. The molecule has 0 saturated carbocycles. The van der Waals surface area contributed by atoms with E-state index >= 15 is 0 Å². The van der Waals surface area contributed by atoms with Crippen molar-refractivity contribution in [3.05, 3.63) is 29.8 Å². The van der Waals surface area contributed by atoms with Crippen molar-refractivity contribution in [1.82, 2.24) is 9.80 Å². The number of amides is 1. The van der Waals surface area contributed by atoms with Gasteiger partial charge in [0.25, 0.3) is 0 Å². The van der Waals surface area contributed by atoms with Crippen LogP contribution in [-0.4, -0.2) is 56.5 Å². The second kappa shape index (κ2) is 7.79. The minimum atomic E-state index is 0.127. The van der Waals surface area contributed by atoms with Crippen LogP contribution in [0.15, 0.2) is 24.3 Å². The van der Waals surface area contributed by atoms with Crippen LogP contribution < -0.4 is 4.74 Å². The molecule has 0 N–H and O–H groups in total. The van der Waals surface area contributed by atoms with Gasteiger partial charge in [-0.05, 0) is 38.1 Å². The van der Waals surface area contributed by atoms with Gasteiger partial charge in [-0.15, -0.1) is 0 Å². The van der Waals surface area contributed by atoms with Crippen molar-refractivity contribution in [2.75, 3.05) is 40.8 Å². The van der Waals surface area contributed by atoms with Crippen molar-refractivity contribution in [3.8, 4) is 5.75 Å². The van der Waals surface area contributed by atoms with Crippen molar-refractivity contribution in [1.29, 1.82) is 0 Å². The van der Waals surface area contributed by atoms with Gasteiger partial charge in [0.2, 0.25) is 5.91 Å². The highest BCUT2D eigenvalue weighted by molar-refractivity contribution is 5.77. The van der Waals surface area contributed by atoms with E-state index in [1.54, 1.807) is 19.0 Å². The van der Waals surface area contributed by atoms with Gasteiger partial charge in [0.1, 0.15) is 5.75 Å². The molecule has 0 aliphatic rings. The maximum atomic E-state index is 11.5. The standard InChI is InChI=1S/C15H24N2O2/c1-13-7-5-8-14(11-13)19-10-6-9-17(4)12-15(18)16(2)3/h5,7-8,11H,6,9-10,12H2,1-4H3. The van der Waals surface area contributed by atoms with Gasteiger partial charge in [0, 0.05) is 20.6 Å². The van der Waals surface area contributed by atoms with Gasteiger partial charge in [-0.25, -0.2) is 0 Å². The highest BCUT2D eigenvalue weighted by Gasteiger charge is 2.07. The summed E-state index contributed by atoms with van der Waals surface area (Å²) in [7, 11) is 5.50. The smallest absolute Gasteiger partial charge is 0.236 e. The largest absolute Gasteiger partial charge is 0.494 e. The fourth-order valence-corrected chi connectivity index (χ4v) is 1.68. The maximum Gasteiger partial charge on any atom is 0.236 e. The molecule has 0 spiro atoms. The number of carbonyl (C=O) groups is 1. The van der Waals surface area contributed by atoms with E-state index in [0.717, 1.165) is 18.7 Å². The van der Waals surface area contributed by atoms with Crippen molar-refractivity contribution >= 4 is 5.91 Å². The van der Waals surface area contributed by atoms with Crippen LogP contribution in [0.4, 0.5) is 0 Å². The maximum absolute atomic E-state index is 11.5. The second-order valence-electron chi connectivity index (χ2n) is 5.04. The van der Waals surface area contributed by atoms with Crippen molar-refractivity contribution in [3.63, 3.8) is 0 Å².